The van der Waals surface area contributed by atoms with Gasteiger partial charge in [0.25, 0.3) is 0 Å². The van der Waals surface area contributed by atoms with Crippen molar-refractivity contribution in [1.82, 2.24) is 0 Å². The van der Waals surface area contributed by atoms with Crippen LogP contribution in [0.5, 0.6) is 0 Å². The molecule has 1 aliphatic carbocycles. The lowest BCUT2D eigenvalue weighted by Crippen LogP contribution is -2.36. The molecule has 0 aliphatic heterocycles. The number of hydrogen-bond acceptors (Lipinski definition) is 4. The fraction of sp³-hybridized carbons (Fsp3) is 0.625. The molecule has 118 valence electrons. The van der Waals surface area contributed by atoms with Gasteiger partial charge in [-0.05, 0) is 12.1 Å². The zero-order chi connectivity index (χ0) is 16.3. The van der Waals surface area contributed by atoms with Crippen LogP contribution in [-0.2, 0) is 19.1 Å². The number of carbonyl (C=O) groups excluding carboxylic acids is 2. The highest BCUT2D eigenvalue weighted by atomic mass is 28.3. The van der Waals surface area contributed by atoms with Gasteiger partial charge in [-0.3, -0.25) is 9.59 Å². The molecule has 4 nitrogen and oxygen atoms in total. The number of rotatable bonds is 5. The lowest BCUT2D eigenvalue weighted by atomic mass is 9.74. The highest BCUT2D eigenvalue weighted by molar-refractivity contribution is 6.76. The van der Waals surface area contributed by atoms with Gasteiger partial charge >= 0.3 is 11.9 Å². The second-order valence-corrected chi connectivity index (χ2v) is 12.8. The van der Waals surface area contributed by atoms with Gasteiger partial charge in [-0.1, -0.05) is 45.6 Å². The van der Waals surface area contributed by atoms with Gasteiger partial charge in [0.15, 0.2) is 0 Å². The van der Waals surface area contributed by atoms with E-state index in [4.69, 9.17) is 9.47 Å². The van der Waals surface area contributed by atoms with Gasteiger partial charge in [-0.2, -0.15) is 0 Å². The summed E-state index contributed by atoms with van der Waals surface area (Å²) in [6, 6.07) is 0.947. The largest absolute Gasteiger partial charge is 0.466 e. The normalized spacial score (nSPS) is 20.7. The Morgan fingerprint density at radius 3 is 2.43 bits per heavy atom. The van der Waals surface area contributed by atoms with Crippen LogP contribution < -0.4 is 0 Å². The first-order valence-electron chi connectivity index (χ1n) is 7.28. The maximum atomic E-state index is 12.3. The molecule has 1 aliphatic rings. The Balaban J connectivity index is 2.71. The van der Waals surface area contributed by atoms with Gasteiger partial charge < -0.3 is 9.47 Å². The van der Waals surface area contributed by atoms with Gasteiger partial charge in [0.05, 0.1) is 12.5 Å². The fourth-order valence-electron chi connectivity index (χ4n) is 2.10. The van der Waals surface area contributed by atoms with E-state index in [2.05, 4.69) is 19.6 Å². The SMILES string of the molecule is CC(=O)OC1=CC=CC(C(=O)OCC[Si](C)(C)C)C1(C)C. The quantitative estimate of drug-likeness (QED) is 0.576. The minimum atomic E-state index is -1.22. The highest BCUT2D eigenvalue weighted by Gasteiger charge is 2.41. The summed E-state index contributed by atoms with van der Waals surface area (Å²) in [6.07, 6.45) is 5.28. The van der Waals surface area contributed by atoms with Gasteiger partial charge in [-0.25, -0.2) is 0 Å². The maximum absolute atomic E-state index is 12.3. The van der Waals surface area contributed by atoms with E-state index in [0.717, 1.165) is 6.04 Å². The maximum Gasteiger partial charge on any atom is 0.313 e. The summed E-state index contributed by atoms with van der Waals surface area (Å²) in [5.74, 6) is -0.564. The summed E-state index contributed by atoms with van der Waals surface area (Å²) in [7, 11) is -1.22. The summed E-state index contributed by atoms with van der Waals surface area (Å²) in [5.41, 5.74) is -0.587. The molecule has 0 bridgehead atoms. The smallest absolute Gasteiger partial charge is 0.313 e. The summed E-state index contributed by atoms with van der Waals surface area (Å²) < 4.78 is 10.6. The molecule has 0 aromatic rings. The lowest BCUT2D eigenvalue weighted by Gasteiger charge is -2.34. The minimum Gasteiger partial charge on any atom is -0.466 e. The standard InChI is InChI=1S/C16H26O4Si/c1-12(17)20-14-9-7-8-13(16(14,2)3)15(18)19-10-11-21(4,5)6/h7-9,13H,10-11H2,1-6H3. The average Bonchev–Trinajstić information content (AvgIpc) is 2.29. The van der Waals surface area contributed by atoms with Crippen LogP contribution >= 0.6 is 0 Å². The molecule has 0 saturated heterocycles. The molecular weight excluding hydrogens is 284 g/mol. The number of hydrogen-bond donors (Lipinski definition) is 0. The van der Waals surface area contributed by atoms with Crippen LogP contribution in [0.15, 0.2) is 24.0 Å². The first-order valence-corrected chi connectivity index (χ1v) is 11.0. The van der Waals surface area contributed by atoms with Gasteiger partial charge in [-0.15, -0.1) is 0 Å². The Bertz CT molecular complexity index is 469. The number of ether oxygens (including phenoxy) is 2. The van der Waals surface area contributed by atoms with E-state index in [1.165, 1.54) is 6.92 Å². The molecule has 1 rings (SSSR count). The second kappa shape index (κ2) is 6.60. The van der Waals surface area contributed by atoms with Crippen molar-refractivity contribution in [3.05, 3.63) is 24.0 Å². The van der Waals surface area contributed by atoms with Gasteiger partial charge in [0, 0.05) is 20.4 Å². The van der Waals surface area contributed by atoms with E-state index < -0.39 is 19.4 Å². The molecule has 0 amide bonds. The highest BCUT2D eigenvalue weighted by Crippen LogP contribution is 2.40. The van der Waals surface area contributed by atoms with Crippen molar-refractivity contribution in [3.8, 4) is 0 Å². The fourth-order valence-corrected chi connectivity index (χ4v) is 2.82. The van der Waals surface area contributed by atoms with Crippen LogP contribution in [0, 0.1) is 11.3 Å². The third kappa shape index (κ3) is 5.15. The Morgan fingerprint density at radius 2 is 1.90 bits per heavy atom. The van der Waals surface area contributed by atoms with E-state index in [9.17, 15) is 9.59 Å². The predicted molar refractivity (Wildman–Crippen MR) is 85.4 cm³/mol. The summed E-state index contributed by atoms with van der Waals surface area (Å²) in [5, 5.41) is 0. The molecule has 0 radical (unpaired) electrons. The summed E-state index contributed by atoms with van der Waals surface area (Å²) in [4.78, 5) is 23.5. The van der Waals surface area contributed by atoms with Crippen LogP contribution in [-0.4, -0.2) is 26.6 Å². The molecule has 1 unspecified atom stereocenters. The van der Waals surface area contributed by atoms with Crippen molar-refractivity contribution < 1.29 is 19.1 Å². The summed E-state index contributed by atoms with van der Waals surface area (Å²) in [6.45, 7) is 12.3. The Kier molecular flexibility index (Phi) is 5.56. The van der Waals surface area contributed by atoms with Crippen molar-refractivity contribution in [2.45, 2.75) is 46.5 Å². The van der Waals surface area contributed by atoms with E-state index >= 15 is 0 Å². The minimum absolute atomic E-state index is 0.257. The van der Waals surface area contributed by atoms with Crippen molar-refractivity contribution in [1.29, 1.82) is 0 Å². The average molecular weight is 310 g/mol. The van der Waals surface area contributed by atoms with Crippen LogP contribution in [0.3, 0.4) is 0 Å². The monoisotopic (exact) mass is 310 g/mol. The van der Waals surface area contributed by atoms with E-state index in [1.54, 1.807) is 12.2 Å². The Hall–Kier alpha value is -1.36. The van der Waals surface area contributed by atoms with Crippen molar-refractivity contribution in [2.24, 2.45) is 11.3 Å². The van der Waals surface area contributed by atoms with Crippen molar-refractivity contribution >= 4 is 20.0 Å². The molecule has 0 aromatic heterocycles. The molecule has 0 spiro atoms. The molecule has 0 fully saturated rings. The van der Waals surface area contributed by atoms with Crippen molar-refractivity contribution in [3.63, 3.8) is 0 Å². The van der Waals surface area contributed by atoms with Crippen molar-refractivity contribution in [2.75, 3.05) is 6.61 Å². The predicted octanol–water partition coefficient (Wildman–Crippen LogP) is 3.53. The molecule has 0 heterocycles. The summed E-state index contributed by atoms with van der Waals surface area (Å²) >= 11 is 0. The molecule has 1 atom stereocenters. The van der Waals surface area contributed by atoms with E-state index in [1.807, 2.05) is 19.9 Å². The topological polar surface area (TPSA) is 52.6 Å². The number of esters is 2. The first-order chi connectivity index (χ1) is 9.54. The third-order valence-electron chi connectivity index (χ3n) is 3.57. The first kappa shape index (κ1) is 17.7. The molecule has 0 saturated carbocycles. The number of carbonyl (C=O) groups is 2. The number of allylic oxidation sites excluding steroid dienone is 3. The molecule has 5 heteroatoms. The molecule has 0 N–H and O–H groups in total. The molecular formula is C16H26O4Si. The molecule has 21 heavy (non-hydrogen) atoms. The van der Waals surface area contributed by atoms with Crippen LogP contribution in [0.4, 0.5) is 0 Å². The van der Waals surface area contributed by atoms with E-state index in [-0.39, 0.29) is 11.9 Å². The Morgan fingerprint density at radius 1 is 1.29 bits per heavy atom. The van der Waals surface area contributed by atoms with Crippen LogP contribution in [0.2, 0.25) is 25.7 Å². The lowest BCUT2D eigenvalue weighted by molar-refractivity contribution is -0.152. The second-order valence-electron chi connectivity index (χ2n) is 7.19. The molecule has 0 aromatic carbocycles. The van der Waals surface area contributed by atoms with Gasteiger partial charge in [0.2, 0.25) is 0 Å². The zero-order valence-electron chi connectivity index (χ0n) is 13.9. The van der Waals surface area contributed by atoms with Crippen LogP contribution in [0.1, 0.15) is 20.8 Å². The Labute approximate surface area is 128 Å². The van der Waals surface area contributed by atoms with Gasteiger partial charge in [0.1, 0.15) is 5.76 Å². The van der Waals surface area contributed by atoms with E-state index in [0.29, 0.717) is 12.4 Å². The third-order valence-corrected chi connectivity index (χ3v) is 5.27. The van der Waals surface area contributed by atoms with Crippen LogP contribution in [0.25, 0.3) is 0 Å². The zero-order valence-corrected chi connectivity index (χ0v) is 14.9.